The van der Waals surface area contributed by atoms with Crippen LogP contribution in [0.15, 0.2) is 30.0 Å². The molecule has 0 radical (unpaired) electrons. The van der Waals surface area contributed by atoms with Crippen LogP contribution in [-0.4, -0.2) is 6.61 Å². The van der Waals surface area contributed by atoms with E-state index in [1.54, 1.807) is 0 Å². The molecule has 0 fully saturated rings. The Morgan fingerprint density at radius 3 is 2.93 bits per heavy atom. The molecule has 1 aromatic rings. The van der Waals surface area contributed by atoms with Crippen LogP contribution >= 0.6 is 11.6 Å². The van der Waals surface area contributed by atoms with Crippen molar-refractivity contribution in [2.24, 2.45) is 5.73 Å². The molecule has 15 heavy (non-hydrogen) atoms. The van der Waals surface area contributed by atoms with Crippen LogP contribution in [0.5, 0.6) is 0 Å². The molecule has 2 N–H and O–H groups in total. The Morgan fingerprint density at radius 2 is 2.27 bits per heavy atom. The SMILES string of the molecule is NC(C1=CCCO1)c1cc(Cl)ccc1F. The average molecular weight is 228 g/mol. The van der Waals surface area contributed by atoms with E-state index in [1.165, 1.54) is 18.2 Å². The highest BCUT2D eigenvalue weighted by Crippen LogP contribution is 2.27. The highest BCUT2D eigenvalue weighted by molar-refractivity contribution is 6.30. The van der Waals surface area contributed by atoms with Crippen LogP contribution in [0.2, 0.25) is 5.02 Å². The van der Waals surface area contributed by atoms with E-state index >= 15 is 0 Å². The first-order valence-corrected chi connectivity index (χ1v) is 5.09. The zero-order chi connectivity index (χ0) is 10.8. The standard InChI is InChI=1S/C11H11ClFNO/c12-7-3-4-9(13)8(6-7)11(14)10-2-1-5-15-10/h2-4,6,11H,1,5,14H2. The van der Waals surface area contributed by atoms with E-state index in [0.717, 1.165) is 6.42 Å². The van der Waals surface area contributed by atoms with Gasteiger partial charge in [-0.05, 0) is 24.3 Å². The van der Waals surface area contributed by atoms with Gasteiger partial charge < -0.3 is 10.5 Å². The van der Waals surface area contributed by atoms with Crippen molar-refractivity contribution in [3.63, 3.8) is 0 Å². The molecular weight excluding hydrogens is 217 g/mol. The molecule has 0 aromatic heterocycles. The van der Waals surface area contributed by atoms with Gasteiger partial charge in [0.05, 0.1) is 12.6 Å². The maximum atomic E-state index is 13.5. The minimum atomic E-state index is -0.564. The van der Waals surface area contributed by atoms with E-state index in [2.05, 4.69) is 0 Å². The van der Waals surface area contributed by atoms with Crippen molar-refractivity contribution in [2.45, 2.75) is 12.5 Å². The quantitative estimate of drug-likeness (QED) is 0.843. The molecule has 1 atom stereocenters. The molecule has 1 aliphatic rings. The van der Waals surface area contributed by atoms with Crippen LogP contribution in [0, 0.1) is 5.82 Å². The van der Waals surface area contributed by atoms with Crippen molar-refractivity contribution >= 4 is 11.6 Å². The summed E-state index contributed by atoms with van der Waals surface area (Å²) >= 11 is 5.79. The average Bonchev–Trinajstić information content (AvgIpc) is 2.74. The Bertz CT molecular complexity index is 406. The van der Waals surface area contributed by atoms with E-state index in [4.69, 9.17) is 22.1 Å². The van der Waals surface area contributed by atoms with Gasteiger partial charge >= 0.3 is 0 Å². The third-order valence-electron chi connectivity index (χ3n) is 2.33. The van der Waals surface area contributed by atoms with Crippen LogP contribution in [-0.2, 0) is 4.74 Å². The van der Waals surface area contributed by atoms with Crippen LogP contribution < -0.4 is 5.73 Å². The summed E-state index contributed by atoms with van der Waals surface area (Å²) in [6.07, 6.45) is 2.70. The fourth-order valence-electron chi connectivity index (χ4n) is 1.56. The van der Waals surface area contributed by atoms with Crippen molar-refractivity contribution in [1.29, 1.82) is 0 Å². The number of halogens is 2. The molecular formula is C11H11ClFNO. The minimum absolute atomic E-state index is 0.358. The zero-order valence-corrected chi connectivity index (χ0v) is 8.80. The molecule has 1 aromatic carbocycles. The first-order valence-electron chi connectivity index (χ1n) is 4.72. The Balaban J connectivity index is 2.31. The maximum absolute atomic E-state index is 13.5. The predicted molar refractivity (Wildman–Crippen MR) is 57.0 cm³/mol. The number of rotatable bonds is 2. The third kappa shape index (κ3) is 2.13. The van der Waals surface area contributed by atoms with Gasteiger partial charge in [0, 0.05) is 17.0 Å². The minimum Gasteiger partial charge on any atom is -0.496 e. The van der Waals surface area contributed by atoms with Crippen LogP contribution in [0.3, 0.4) is 0 Å². The Kier molecular flexibility index (Phi) is 2.93. The van der Waals surface area contributed by atoms with Crippen molar-refractivity contribution in [2.75, 3.05) is 6.61 Å². The fourth-order valence-corrected chi connectivity index (χ4v) is 1.74. The van der Waals surface area contributed by atoms with Crippen molar-refractivity contribution in [1.82, 2.24) is 0 Å². The van der Waals surface area contributed by atoms with Crippen LogP contribution in [0.25, 0.3) is 0 Å². The van der Waals surface area contributed by atoms with Gasteiger partial charge in [-0.3, -0.25) is 0 Å². The summed E-state index contributed by atoms with van der Waals surface area (Å²) in [5.74, 6) is 0.263. The highest BCUT2D eigenvalue weighted by atomic mass is 35.5. The van der Waals surface area contributed by atoms with E-state index in [1.807, 2.05) is 6.08 Å². The lowest BCUT2D eigenvalue weighted by Gasteiger charge is -2.14. The molecule has 0 aliphatic carbocycles. The lowest BCUT2D eigenvalue weighted by Crippen LogP contribution is -2.15. The lowest BCUT2D eigenvalue weighted by atomic mass is 10.1. The molecule has 1 aliphatic heterocycles. The molecule has 0 amide bonds. The molecule has 1 heterocycles. The summed E-state index contributed by atoms with van der Waals surface area (Å²) in [6, 6.07) is 3.78. The summed E-state index contributed by atoms with van der Waals surface area (Å²) in [5.41, 5.74) is 6.25. The second-order valence-corrected chi connectivity index (χ2v) is 3.82. The summed E-state index contributed by atoms with van der Waals surface area (Å²) in [7, 11) is 0. The third-order valence-corrected chi connectivity index (χ3v) is 2.57. The van der Waals surface area contributed by atoms with Gasteiger partial charge in [0.2, 0.25) is 0 Å². The number of benzene rings is 1. The number of nitrogens with two attached hydrogens (primary N) is 1. The monoisotopic (exact) mass is 227 g/mol. The molecule has 2 nitrogen and oxygen atoms in total. The molecule has 0 saturated heterocycles. The van der Waals surface area contributed by atoms with Gasteiger partial charge in [0.15, 0.2) is 0 Å². The fraction of sp³-hybridized carbons (Fsp3) is 0.273. The van der Waals surface area contributed by atoms with Gasteiger partial charge in [-0.2, -0.15) is 0 Å². The Hall–Kier alpha value is -1.06. The lowest BCUT2D eigenvalue weighted by molar-refractivity contribution is 0.224. The number of ether oxygens (including phenoxy) is 1. The van der Waals surface area contributed by atoms with Gasteiger partial charge in [-0.25, -0.2) is 4.39 Å². The molecule has 2 rings (SSSR count). The topological polar surface area (TPSA) is 35.2 Å². The molecule has 80 valence electrons. The summed E-state index contributed by atoms with van der Waals surface area (Å²) < 4.78 is 18.7. The van der Waals surface area contributed by atoms with E-state index in [0.29, 0.717) is 23.0 Å². The van der Waals surface area contributed by atoms with Crippen molar-refractivity contribution in [3.05, 3.63) is 46.4 Å². The van der Waals surface area contributed by atoms with Crippen LogP contribution in [0.1, 0.15) is 18.0 Å². The summed E-state index contributed by atoms with van der Waals surface area (Å²) in [5, 5.41) is 0.473. The molecule has 0 saturated carbocycles. The molecule has 0 spiro atoms. The highest BCUT2D eigenvalue weighted by Gasteiger charge is 2.19. The normalized spacial score (nSPS) is 17.1. The van der Waals surface area contributed by atoms with Crippen molar-refractivity contribution in [3.8, 4) is 0 Å². The molecule has 0 bridgehead atoms. The van der Waals surface area contributed by atoms with E-state index in [9.17, 15) is 4.39 Å². The zero-order valence-electron chi connectivity index (χ0n) is 8.04. The molecule has 1 unspecified atom stereocenters. The summed E-state index contributed by atoms with van der Waals surface area (Å²) in [4.78, 5) is 0. The van der Waals surface area contributed by atoms with Gasteiger partial charge in [0.1, 0.15) is 11.6 Å². The largest absolute Gasteiger partial charge is 0.496 e. The van der Waals surface area contributed by atoms with Crippen molar-refractivity contribution < 1.29 is 9.13 Å². The van der Waals surface area contributed by atoms with Gasteiger partial charge in [-0.15, -0.1) is 0 Å². The first-order chi connectivity index (χ1) is 7.18. The van der Waals surface area contributed by atoms with E-state index in [-0.39, 0.29) is 5.82 Å². The Labute approximate surface area is 92.5 Å². The predicted octanol–water partition coefficient (Wildman–Crippen LogP) is 2.78. The second kappa shape index (κ2) is 4.21. The molecule has 4 heteroatoms. The smallest absolute Gasteiger partial charge is 0.128 e. The number of hydrogen-bond donors (Lipinski definition) is 1. The maximum Gasteiger partial charge on any atom is 0.128 e. The van der Waals surface area contributed by atoms with Gasteiger partial charge in [-0.1, -0.05) is 11.6 Å². The summed E-state index contributed by atoms with van der Waals surface area (Å²) in [6.45, 7) is 0.616. The number of hydrogen-bond acceptors (Lipinski definition) is 2. The Morgan fingerprint density at radius 1 is 1.47 bits per heavy atom. The second-order valence-electron chi connectivity index (χ2n) is 3.39. The first kappa shape index (κ1) is 10.5. The van der Waals surface area contributed by atoms with E-state index < -0.39 is 6.04 Å². The van der Waals surface area contributed by atoms with Crippen LogP contribution in [0.4, 0.5) is 4.39 Å². The van der Waals surface area contributed by atoms with Gasteiger partial charge in [0.25, 0.3) is 0 Å².